The predicted molar refractivity (Wildman–Crippen MR) is 102 cm³/mol. The van der Waals surface area contributed by atoms with Crippen LogP contribution < -0.4 is 10.9 Å². The number of carbonyl (C=O) groups excluding carboxylic acids is 1. The zero-order valence-electron chi connectivity index (χ0n) is 14.0. The van der Waals surface area contributed by atoms with Gasteiger partial charge in [-0.2, -0.15) is 0 Å². The van der Waals surface area contributed by atoms with E-state index in [9.17, 15) is 14.7 Å². The number of para-hydroxylation sites is 1. The molecule has 0 bridgehead atoms. The van der Waals surface area contributed by atoms with Crippen molar-refractivity contribution in [1.29, 1.82) is 0 Å². The van der Waals surface area contributed by atoms with Crippen LogP contribution in [0.5, 0.6) is 0 Å². The van der Waals surface area contributed by atoms with Crippen molar-refractivity contribution >= 4 is 28.2 Å². The zero-order chi connectivity index (χ0) is 18.8. The molecule has 0 aliphatic carbocycles. The number of nitrogens with one attached hydrogen (secondary N) is 1. The van der Waals surface area contributed by atoms with Gasteiger partial charge in [-0.25, -0.2) is 4.79 Å². The van der Waals surface area contributed by atoms with Crippen molar-refractivity contribution in [2.24, 2.45) is 0 Å². The maximum atomic E-state index is 12.3. The molecule has 4 aromatic rings. The van der Waals surface area contributed by atoms with Crippen molar-refractivity contribution in [3.05, 3.63) is 81.7 Å². The average molecular weight is 381 g/mol. The van der Waals surface area contributed by atoms with Crippen molar-refractivity contribution in [2.45, 2.75) is 6.10 Å². The molecule has 136 valence electrons. The fraction of sp³-hybridized carbons (Fsp3) is 0.100. The molecule has 27 heavy (non-hydrogen) atoms. The lowest BCUT2D eigenvalue weighted by Gasteiger charge is -2.10. The Morgan fingerprint density at radius 1 is 1.15 bits per heavy atom. The summed E-state index contributed by atoms with van der Waals surface area (Å²) in [4.78, 5) is 25.9. The summed E-state index contributed by atoms with van der Waals surface area (Å²) in [5.41, 5.74) is -0.386. The predicted octanol–water partition coefficient (Wildman–Crippen LogP) is 3.58. The fourth-order valence-corrected chi connectivity index (χ4v) is 3.65. The quantitative estimate of drug-likeness (QED) is 0.516. The summed E-state index contributed by atoms with van der Waals surface area (Å²) in [6, 6.07) is 15.7. The van der Waals surface area contributed by atoms with Gasteiger partial charge in [0, 0.05) is 16.8 Å². The molecule has 1 amide bonds. The first-order valence-corrected chi connectivity index (χ1v) is 9.06. The highest BCUT2D eigenvalue weighted by Crippen LogP contribution is 2.31. The second-order valence-electron chi connectivity index (χ2n) is 5.89. The van der Waals surface area contributed by atoms with Crippen LogP contribution in [0.4, 0.5) is 0 Å². The van der Waals surface area contributed by atoms with Crippen molar-refractivity contribution in [1.82, 2.24) is 5.32 Å². The third-order valence-corrected chi connectivity index (χ3v) is 5.26. The highest BCUT2D eigenvalue weighted by atomic mass is 32.1. The highest BCUT2D eigenvalue weighted by molar-refractivity contribution is 7.15. The fourth-order valence-electron chi connectivity index (χ4n) is 2.69. The van der Waals surface area contributed by atoms with Gasteiger partial charge < -0.3 is 19.3 Å². The van der Waals surface area contributed by atoms with E-state index in [1.165, 1.54) is 17.4 Å². The molecular formula is C20H15NO5S. The number of aliphatic hydroxyl groups excluding tert-OH is 1. The molecule has 2 N–H and O–H groups in total. The third kappa shape index (κ3) is 3.55. The van der Waals surface area contributed by atoms with Gasteiger partial charge in [0.25, 0.3) is 5.91 Å². The van der Waals surface area contributed by atoms with Gasteiger partial charge in [-0.05, 0) is 36.4 Å². The van der Waals surface area contributed by atoms with Crippen LogP contribution >= 0.6 is 11.3 Å². The number of hydrogen-bond acceptors (Lipinski definition) is 6. The molecule has 3 aromatic heterocycles. The van der Waals surface area contributed by atoms with Crippen molar-refractivity contribution in [2.75, 3.05) is 6.54 Å². The Hall–Kier alpha value is -3.16. The minimum atomic E-state index is -0.893. The summed E-state index contributed by atoms with van der Waals surface area (Å²) >= 11 is 1.38. The summed E-state index contributed by atoms with van der Waals surface area (Å²) in [7, 11) is 0. The number of aliphatic hydroxyl groups is 1. The molecule has 0 spiro atoms. The van der Waals surface area contributed by atoms with Gasteiger partial charge in [-0.1, -0.05) is 18.2 Å². The number of furan rings is 1. The first-order valence-electron chi connectivity index (χ1n) is 8.24. The Labute approximate surface area is 157 Å². The van der Waals surface area contributed by atoms with E-state index in [2.05, 4.69) is 5.32 Å². The molecule has 3 heterocycles. The van der Waals surface area contributed by atoms with E-state index in [4.69, 9.17) is 8.83 Å². The second-order valence-corrected chi connectivity index (χ2v) is 7.01. The summed E-state index contributed by atoms with van der Waals surface area (Å²) < 4.78 is 10.5. The van der Waals surface area contributed by atoms with E-state index in [-0.39, 0.29) is 12.1 Å². The van der Waals surface area contributed by atoms with Crippen LogP contribution in [0.2, 0.25) is 0 Å². The monoisotopic (exact) mass is 381 g/mol. The molecule has 0 saturated carbocycles. The first kappa shape index (κ1) is 17.3. The maximum absolute atomic E-state index is 12.3. The Balaban J connectivity index is 1.46. The van der Waals surface area contributed by atoms with Gasteiger partial charge in [0.1, 0.15) is 23.0 Å². The molecule has 6 nitrogen and oxygen atoms in total. The Bertz CT molecular complexity index is 1140. The van der Waals surface area contributed by atoms with Gasteiger partial charge in [0.2, 0.25) is 0 Å². The van der Waals surface area contributed by atoms with Crippen LogP contribution in [0.3, 0.4) is 0 Å². The SMILES string of the molecule is O=C(NCC(O)c1ccc(-c2ccco2)s1)c1cc2ccccc2oc1=O. The molecule has 1 aromatic carbocycles. The van der Waals surface area contributed by atoms with E-state index >= 15 is 0 Å². The summed E-state index contributed by atoms with van der Waals surface area (Å²) in [5, 5.41) is 13.6. The molecule has 1 atom stereocenters. The minimum Gasteiger partial charge on any atom is -0.464 e. The van der Waals surface area contributed by atoms with E-state index in [0.29, 0.717) is 15.8 Å². The molecular weight excluding hydrogens is 366 g/mol. The zero-order valence-corrected chi connectivity index (χ0v) is 14.9. The van der Waals surface area contributed by atoms with Crippen LogP contribution in [0.1, 0.15) is 21.3 Å². The largest absolute Gasteiger partial charge is 0.464 e. The lowest BCUT2D eigenvalue weighted by molar-refractivity contribution is 0.0914. The number of thiophene rings is 1. The number of fused-ring (bicyclic) bond motifs is 1. The number of rotatable bonds is 5. The first-order chi connectivity index (χ1) is 13.1. The van der Waals surface area contributed by atoms with Crippen LogP contribution in [0, 0.1) is 0 Å². The van der Waals surface area contributed by atoms with Crippen LogP contribution in [-0.2, 0) is 0 Å². The van der Waals surface area contributed by atoms with Crippen molar-refractivity contribution in [3.8, 4) is 10.6 Å². The van der Waals surface area contributed by atoms with E-state index in [0.717, 1.165) is 10.6 Å². The molecule has 0 saturated heterocycles. The Kier molecular flexibility index (Phi) is 4.62. The molecule has 1 unspecified atom stereocenters. The third-order valence-electron chi connectivity index (χ3n) is 4.06. The number of benzene rings is 1. The highest BCUT2D eigenvalue weighted by Gasteiger charge is 2.17. The lowest BCUT2D eigenvalue weighted by Crippen LogP contribution is -2.31. The second kappa shape index (κ2) is 7.22. The van der Waals surface area contributed by atoms with Crippen LogP contribution in [-0.4, -0.2) is 17.6 Å². The van der Waals surface area contributed by atoms with Gasteiger partial charge in [-0.15, -0.1) is 11.3 Å². The smallest absolute Gasteiger partial charge is 0.349 e. The molecule has 7 heteroatoms. The van der Waals surface area contributed by atoms with Gasteiger partial charge in [0.15, 0.2) is 0 Å². The van der Waals surface area contributed by atoms with Gasteiger partial charge >= 0.3 is 5.63 Å². The number of carbonyl (C=O) groups is 1. The Morgan fingerprint density at radius 2 is 2.00 bits per heavy atom. The Morgan fingerprint density at radius 3 is 2.81 bits per heavy atom. The summed E-state index contributed by atoms with van der Waals surface area (Å²) in [6.07, 6.45) is 0.690. The topological polar surface area (TPSA) is 92.7 Å². The van der Waals surface area contributed by atoms with E-state index < -0.39 is 17.6 Å². The maximum Gasteiger partial charge on any atom is 0.349 e. The average Bonchev–Trinajstić information content (AvgIpc) is 3.36. The molecule has 0 aliphatic heterocycles. The molecule has 0 fully saturated rings. The number of hydrogen-bond donors (Lipinski definition) is 2. The molecule has 4 rings (SSSR count). The van der Waals surface area contributed by atoms with Crippen LogP contribution in [0.15, 0.2) is 74.5 Å². The van der Waals surface area contributed by atoms with Gasteiger partial charge in [0.05, 0.1) is 11.1 Å². The summed E-state index contributed by atoms with van der Waals surface area (Å²) in [5.74, 6) is 0.132. The van der Waals surface area contributed by atoms with Gasteiger partial charge in [-0.3, -0.25) is 4.79 Å². The molecule has 0 aliphatic rings. The van der Waals surface area contributed by atoms with Crippen molar-refractivity contribution in [3.63, 3.8) is 0 Å². The standard InChI is InChI=1S/C20H15NO5S/c22-14(17-7-8-18(27-17)16-6-3-9-25-16)11-21-19(23)13-10-12-4-1-2-5-15(12)26-20(13)24/h1-10,14,22H,11H2,(H,21,23). The van der Waals surface area contributed by atoms with Crippen molar-refractivity contribution < 1.29 is 18.7 Å². The van der Waals surface area contributed by atoms with Crippen LogP contribution in [0.25, 0.3) is 21.6 Å². The normalized spacial score (nSPS) is 12.2. The molecule has 0 radical (unpaired) electrons. The number of amides is 1. The van der Waals surface area contributed by atoms with E-state index in [1.54, 1.807) is 42.7 Å². The minimum absolute atomic E-state index is 0.0246. The summed E-state index contributed by atoms with van der Waals surface area (Å²) in [6.45, 7) is -0.0246. The lowest BCUT2D eigenvalue weighted by atomic mass is 10.1. The van der Waals surface area contributed by atoms with E-state index in [1.807, 2.05) is 12.1 Å².